The van der Waals surface area contributed by atoms with E-state index in [-0.39, 0.29) is 18.4 Å². The van der Waals surface area contributed by atoms with Gasteiger partial charge < -0.3 is 18.9 Å². The van der Waals surface area contributed by atoms with Gasteiger partial charge in [-0.3, -0.25) is 14.5 Å². The van der Waals surface area contributed by atoms with Gasteiger partial charge in [0.15, 0.2) is 0 Å². The molecule has 1 aliphatic heterocycles. The summed E-state index contributed by atoms with van der Waals surface area (Å²) in [5, 5.41) is 0.552. The van der Waals surface area contributed by atoms with Crippen LogP contribution >= 0.6 is 11.6 Å². The molecule has 206 valence electrons. The molecule has 3 aromatic carbocycles. The van der Waals surface area contributed by atoms with Crippen LogP contribution in [0.4, 0.5) is 5.69 Å². The first-order valence-electron chi connectivity index (χ1n) is 13.3. The summed E-state index contributed by atoms with van der Waals surface area (Å²) in [6.07, 6.45) is 3.66. The molecule has 0 saturated carbocycles. The molecule has 2 amide bonds. The number of benzene rings is 3. The first kappa shape index (κ1) is 27.3. The number of halogens is 1. The Morgan fingerprint density at radius 2 is 1.68 bits per heavy atom. The molecule has 0 radical (unpaired) electrons. The van der Waals surface area contributed by atoms with Gasteiger partial charge in [-0.05, 0) is 73.2 Å². The number of carbonyl (C=O) groups is 2. The molecular formula is C32H32ClN3O4. The third kappa shape index (κ3) is 5.17. The SMILES string of the molecule is CCCCN(CC(=O)N1c2ccccc2-n2cccc2C1c1cc(OC)ccc1OC)C(=O)c1ccc(Cl)cc1. The van der Waals surface area contributed by atoms with E-state index in [1.807, 2.05) is 60.8 Å². The number of hydrogen-bond acceptors (Lipinski definition) is 4. The summed E-state index contributed by atoms with van der Waals surface area (Å²) >= 11 is 6.06. The largest absolute Gasteiger partial charge is 0.497 e. The first-order chi connectivity index (χ1) is 19.5. The molecule has 0 saturated heterocycles. The number of fused-ring (bicyclic) bond motifs is 3. The van der Waals surface area contributed by atoms with Crippen molar-refractivity contribution in [1.82, 2.24) is 9.47 Å². The maximum atomic E-state index is 14.4. The number of unbranched alkanes of at least 4 members (excludes halogenated alkanes) is 1. The summed E-state index contributed by atoms with van der Waals surface area (Å²) in [5.41, 5.74) is 3.82. The van der Waals surface area contributed by atoms with Crippen LogP contribution in [0.2, 0.25) is 5.02 Å². The molecule has 1 aliphatic rings. The number of hydrogen-bond donors (Lipinski definition) is 0. The van der Waals surface area contributed by atoms with Gasteiger partial charge in [-0.2, -0.15) is 0 Å². The number of ether oxygens (including phenoxy) is 2. The molecule has 4 aromatic rings. The molecule has 8 heteroatoms. The lowest BCUT2D eigenvalue weighted by atomic mass is 9.96. The highest BCUT2D eigenvalue weighted by molar-refractivity contribution is 6.30. The number of para-hydroxylation sites is 2. The van der Waals surface area contributed by atoms with Crippen LogP contribution in [0, 0.1) is 0 Å². The fourth-order valence-electron chi connectivity index (χ4n) is 5.22. The maximum absolute atomic E-state index is 14.4. The molecule has 2 heterocycles. The summed E-state index contributed by atoms with van der Waals surface area (Å²) in [6, 6.07) is 23.6. The Morgan fingerprint density at radius 3 is 2.38 bits per heavy atom. The van der Waals surface area contributed by atoms with Crippen LogP contribution in [0.3, 0.4) is 0 Å². The average Bonchev–Trinajstić information content (AvgIpc) is 3.48. The van der Waals surface area contributed by atoms with Crippen molar-refractivity contribution in [2.45, 2.75) is 25.8 Å². The predicted octanol–water partition coefficient (Wildman–Crippen LogP) is 6.53. The Hall–Kier alpha value is -4.23. The molecule has 1 unspecified atom stereocenters. The third-order valence-corrected chi connectivity index (χ3v) is 7.46. The topological polar surface area (TPSA) is 64.0 Å². The number of anilines is 1. The van der Waals surface area contributed by atoms with E-state index in [0.717, 1.165) is 35.5 Å². The van der Waals surface area contributed by atoms with Gasteiger partial charge in [0.2, 0.25) is 5.91 Å². The Balaban J connectivity index is 1.60. The van der Waals surface area contributed by atoms with Gasteiger partial charge in [0, 0.05) is 28.9 Å². The lowest BCUT2D eigenvalue weighted by molar-refractivity contribution is -0.119. The number of nitrogens with zero attached hydrogens (tertiary/aromatic N) is 3. The third-order valence-electron chi connectivity index (χ3n) is 7.21. The number of amides is 2. The highest BCUT2D eigenvalue weighted by Gasteiger charge is 2.38. The number of carbonyl (C=O) groups excluding carboxylic acids is 2. The Kier molecular flexibility index (Phi) is 8.12. The fraction of sp³-hybridized carbons (Fsp3) is 0.250. The van der Waals surface area contributed by atoms with Crippen LogP contribution in [0.25, 0.3) is 5.69 Å². The zero-order valence-electron chi connectivity index (χ0n) is 22.8. The summed E-state index contributed by atoms with van der Waals surface area (Å²) < 4.78 is 13.4. The normalized spacial score (nSPS) is 13.8. The van der Waals surface area contributed by atoms with Crippen molar-refractivity contribution in [2.75, 3.05) is 32.2 Å². The van der Waals surface area contributed by atoms with Crippen LogP contribution in [0.5, 0.6) is 11.5 Å². The van der Waals surface area contributed by atoms with Crippen LogP contribution in [-0.4, -0.2) is 48.6 Å². The summed E-state index contributed by atoms with van der Waals surface area (Å²) in [6.45, 7) is 2.44. The van der Waals surface area contributed by atoms with Gasteiger partial charge in [0.05, 0.1) is 31.3 Å². The molecular weight excluding hydrogens is 526 g/mol. The van der Waals surface area contributed by atoms with Gasteiger partial charge >= 0.3 is 0 Å². The van der Waals surface area contributed by atoms with Crippen LogP contribution in [-0.2, 0) is 4.79 Å². The van der Waals surface area contributed by atoms with Crippen molar-refractivity contribution in [3.05, 3.63) is 107 Å². The van der Waals surface area contributed by atoms with Crippen molar-refractivity contribution in [3.63, 3.8) is 0 Å². The highest BCUT2D eigenvalue weighted by Crippen LogP contribution is 2.45. The van der Waals surface area contributed by atoms with E-state index in [1.165, 1.54) is 0 Å². The fourth-order valence-corrected chi connectivity index (χ4v) is 5.35. The van der Waals surface area contributed by atoms with Crippen LogP contribution in [0.1, 0.15) is 47.4 Å². The predicted molar refractivity (Wildman–Crippen MR) is 157 cm³/mol. The number of aromatic nitrogens is 1. The van der Waals surface area contributed by atoms with Gasteiger partial charge in [-0.15, -0.1) is 0 Å². The maximum Gasteiger partial charge on any atom is 0.254 e. The molecule has 0 fully saturated rings. The summed E-state index contributed by atoms with van der Waals surface area (Å²) in [5.74, 6) is 0.884. The van der Waals surface area contributed by atoms with Crippen molar-refractivity contribution in [2.24, 2.45) is 0 Å². The lowest BCUT2D eigenvalue weighted by Gasteiger charge is -2.40. The molecule has 40 heavy (non-hydrogen) atoms. The van der Waals surface area contributed by atoms with E-state index in [0.29, 0.717) is 28.6 Å². The molecule has 0 N–H and O–H groups in total. The van der Waals surface area contributed by atoms with Gasteiger partial charge in [-0.25, -0.2) is 0 Å². The van der Waals surface area contributed by atoms with E-state index in [2.05, 4.69) is 11.5 Å². The van der Waals surface area contributed by atoms with Crippen molar-refractivity contribution in [3.8, 4) is 17.2 Å². The molecule has 0 aliphatic carbocycles. The van der Waals surface area contributed by atoms with Gasteiger partial charge in [-0.1, -0.05) is 37.1 Å². The number of rotatable bonds is 9. The van der Waals surface area contributed by atoms with Gasteiger partial charge in [0.25, 0.3) is 5.91 Å². The van der Waals surface area contributed by atoms with Crippen molar-refractivity contribution in [1.29, 1.82) is 0 Å². The molecule has 1 aromatic heterocycles. The quantitative estimate of drug-likeness (QED) is 0.235. The number of methoxy groups -OCH3 is 2. The average molecular weight is 558 g/mol. The standard InChI is InChI=1S/C32H32ClN3O4/c1-4-5-18-34(32(38)22-12-14-23(33)15-13-22)21-30(37)36-27-10-7-6-9-26(27)35-19-8-11-28(35)31(36)25-20-24(39-2)16-17-29(25)40-3/h6-17,19-20,31H,4-5,18,21H2,1-3H3. The monoisotopic (exact) mass is 557 g/mol. The highest BCUT2D eigenvalue weighted by atomic mass is 35.5. The van der Waals surface area contributed by atoms with E-state index < -0.39 is 6.04 Å². The Morgan fingerprint density at radius 1 is 0.925 bits per heavy atom. The molecule has 5 rings (SSSR count). The van der Waals surface area contributed by atoms with E-state index in [4.69, 9.17) is 21.1 Å². The Labute approximate surface area is 239 Å². The zero-order chi connectivity index (χ0) is 28.2. The minimum absolute atomic E-state index is 0.0840. The second-order valence-electron chi connectivity index (χ2n) is 9.65. The van der Waals surface area contributed by atoms with E-state index in [9.17, 15) is 9.59 Å². The van der Waals surface area contributed by atoms with E-state index in [1.54, 1.807) is 48.3 Å². The lowest BCUT2D eigenvalue weighted by Crippen LogP contribution is -2.47. The Bertz CT molecular complexity index is 1510. The van der Waals surface area contributed by atoms with Crippen molar-refractivity contribution < 1.29 is 19.1 Å². The minimum atomic E-state index is -0.513. The summed E-state index contributed by atoms with van der Waals surface area (Å²) in [7, 11) is 3.23. The van der Waals surface area contributed by atoms with Crippen LogP contribution in [0.15, 0.2) is 85.1 Å². The van der Waals surface area contributed by atoms with Crippen LogP contribution < -0.4 is 14.4 Å². The minimum Gasteiger partial charge on any atom is -0.497 e. The second kappa shape index (κ2) is 11.9. The zero-order valence-corrected chi connectivity index (χ0v) is 23.6. The molecule has 0 spiro atoms. The first-order valence-corrected chi connectivity index (χ1v) is 13.7. The molecule has 0 bridgehead atoms. The smallest absolute Gasteiger partial charge is 0.254 e. The molecule has 1 atom stereocenters. The summed E-state index contributed by atoms with van der Waals surface area (Å²) in [4.78, 5) is 31.4. The molecule has 7 nitrogen and oxygen atoms in total. The van der Waals surface area contributed by atoms with Gasteiger partial charge in [0.1, 0.15) is 24.1 Å². The second-order valence-corrected chi connectivity index (χ2v) is 10.1. The van der Waals surface area contributed by atoms with E-state index >= 15 is 0 Å². The van der Waals surface area contributed by atoms with Crippen molar-refractivity contribution >= 4 is 29.1 Å².